The maximum absolute atomic E-state index is 4.80. The minimum Gasteiger partial charge on any atom is -0.373 e. The summed E-state index contributed by atoms with van der Waals surface area (Å²) in [7, 11) is 1.93. The zero-order chi connectivity index (χ0) is 12.5. The van der Waals surface area contributed by atoms with Crippen LogP contribution >= 0.6 is 0 Å². The Bertz CT molecular complexity index is 428. The van der Waals surface area contributed by atoms with Gasteiger partial charge in [-0.2, -0.15) is 0 Å². The van der Waals surface area contributed by atoms with Crippen molar-refractivity contribution in [2.24, 2.45) is 0 Å². The van der Waals surface area contributed by atoms with Crippen molar-refractivity contribution in [1.29, 1.82) is 0 Å². The molecule has 0 aromatic carbocycles. The number of rotatable bonds is 4. The molecule has 1 unspecified atom stereocenters. The van der Waals surface area contributed by atoms with Gasteiger partial charge in [-0.05, 0) is 32.1 Å². The lowest BCUT2D eigenvalue weighted by Gasteiger charge is -2.25. The molecule has 2 heterocycles. The van der Waals surface area contributed by atoms with Crippen LogP contribution in [0.2, 0.25) is 0 Å². The first-order valence-electron chi connectivity index (χ1n) is 7.15. The van der Waals surface area contributed by atoms with Gasteiger partial charge in [0.25, 0.3) is 0 Å². The average molecular weight is 246 g/mol. The molecule has 18 heavy (non-hydrogen) atoms. The lowest BCUT2D eigenvalue weighted by atomic mass is 10.2. The molecule has 2 aliphatic rings. The molecule has 98 valence electrons. The summed E-state index contributed by atoms with van der Waals surface area (Å²) in [5, 5.41) is 3.17. The molecule has 1 aromatic heterocycles. The Morgan fingerprint density at radius 3 is 2.83 bits per heavy atom. The summed E-state index contributed by atoms with van der Waals surface area (Å²) in [6.45, 7) is 3.41. The fourth-order valence-electron chi connectivity index (χ4n) is 2.81. The van der Waals surface area contributed by atoms with Gasteiger partial charge in [-0.15, -0.1) is 0 Å². The van der Waals surface area contributed by atoms with Gasteiger partial charge in [0.2, 0.25) is 0 Å². The Hall–Kier alpha value is -1.32. The van der Waals surface area contributed by atoms with Crippen molar-refractivity contribution in [2.75, 3.05) is 23.8 Å². The molecule has 1 saturated carbocycles. The molecule has 4 heteroatoms. The fraction of sp³-hybridized carbons (Fsp3) is 0.714. The van der Waals surface area contributed by atoms with Crippen LogP contribution in [0.15, 0.2) is 6.07 Å². The van der Waals surface area contributed by atoms with Gasteiger partial charge in [-0.25, -0.2) is 9.97 Å². The van der Waals surface area contributed by atoms with E-state index >= 15 is 0 Å². The van der Waals surface area contributed by atoms with E-state index in [0.29, 0.717) is 12.0 Å². The van der Waals surface area contributed by atoms with Crippen LogP contribution in [0.4, 0.5) is 11.6 Å². The topological polar surface area (TPSA) is 41.0 Å². The van der Waals surface area contributed by atoms with Crippen molar-refractivity contribution in [3.63, 3.8) is 0 Å². The van der Waals surface area contributed by atoms with E-state index in [2.05, 4.69) is 28.2 Å². The maximum atomic E-state index is 4.80. The second-order valence-electron chi connectivity index (χ2n) is 5.39. The molecule has 1 atom stereocenters. The van der Waals surface area contributed by atoms with Gasteiger partial charge >= 0.3 is 0 Å². The minimum absolute atomic E-state index is 0.611. The van der Waals surface area contributed by atoms with Crippen molar-refractivity contribution in [3.05, 3.63) is 11.9 Å². The zero-order valence-corrected chi connectivity index (χ0v) is 11.3. The number of hydrogen-bond acceptors (Lipinski definition) is 4. The molecule has 3 rings (SSSR count). The van der Waals surface area contributed by atoms with Gasteiger partial charge in [0.1, 0.15) is 17.5 Å². The molecular weight excluding hydrogens is 224 g/mol. The second-order valence-corrected chi connectivity index (χ2v) is 5.39. The van der Waals surface area contributed by atoms with Gasteiger partial charge in [-0.3, -0.25) is 0 Å². The Labute approximate surface area is 109 Å². The normalized spacial score (nSPS) is 23.4. The van der Waals surface area contributed by atoms with E-state index in [-0.39, 0.29) is 0 Å². The summed E-state index contributed by atoms with van der Waals surface area (Å²) in [6, 6.07) is 2.76. The Morgan fingerprint density at radius 2 is 2.17 bits per heavy atom. The van der Waals surface area contributed by atoms with Gasteiger partial charge in [0.15, 0.2) is 0 Å². The summed E-state index contributed by atoms with van der Waals surface area (Å²) in [5.41, 5.74) is 0. The van der Waals surface area contributed by atoms with Crippen molar-refractivity contribution in [2.45, 2.75) is 51.0 Å². The fourth-order valence-corrected chi connectivity index (χ4v) is 2.81. The highest BCUT2D eigenvalue weighted by Crippen LogP contribution is 2.39. The molecule has 0 radical (unpaired) electrons. The van der Waals surface area contributed by atoms with E-state index in [9.17, 15) is 0 Å². The summed E-state index contributed by atoms with van der Waals surface area (Å²) in [4.78, 5) is 11.9. The lowest BCUT2D eigenvalue weighted by molar-refractivity contribution is 0.638. The van der Waals surface area contributed by atoms with E-state index < -0.39 is 0 Å². The van der Waals surface area contributed by atoms with Crippen molar-refractivity contribution in [3.8, 4) is 0 Å². The van der Waals surface area contributed by atoms with Gasteiger partial charge < -0.3 is 10.2 Å². The lowest BCUT2D eigenvalue weighted by Crippen LogP contribution is -2.29. The number of nitrogens with zero attached hydrogens (tertiary/aromatic N) is 3. The maximum Gasteiger partial charge on any atom is 0.136 e. The monoisotopic (exact) mass is 246 g/mol. The van der Waals surface area contributed by atoms with E-state index in [0.717, 1.165) is 24.0 Å². The molecule has 0 spiro atoms. The van der Waals surface area contributed by atoms with Crippen LogP contribution in [0.5, 0.6) is 0 Å². The Morgan fingerprint density at radius 1 is 1.33 bits per heavy atom. The highest BCUT2D eigenvalue weighted by Gasteiger charge is 2.30. The third-order valence-electron chi connectivity index (χ3n) is 4.07. The van der Waals surface area contributed by atoms with Crippen LogP contribution in [0, 0.1) is 0 Å². The largest absolute Gasteiger partial charge is 0.373 e. The van der Waals surface area contributed by atoms with Crippen LogP contribution < -0.4 is 10.2 Å². The molecule has 2 fully saturated rings. The first kappa shape index (κ1) is 11.8. The second kappa shape index (κ2) is 4.75. The van der Waals surface area contributed by atoms with Gasteiger partial charge in [0, 0.05) is 31.6 Å². The van der Waals surface area contributed by atoms with Gasteiger partial charge in [0.05, 0.1) is 0 Å². The highest BCUT2D eigenvalue weighted by atomic mass is 15.2. The van der Waals surface area contributed by atoms with E-state index in [4.69, 9.17) is 4.98 Å². The van der Waals surface area contributed by atoms with E-state index in [1.54, 1.807) is 0 Å². The SMILES string of the molecule is CCC1CCCN1c1cc(NC)nc(C2CC2)n1. The zero-order valence-electron chi connectivity index (χ0n) is 11.3. The van der Waals surface area contributed by atoms with Crippen LogP contribution in [-0.4, -0.2) is 29.6 Å². The number of nitrogens with one attached hydrogen (secondary N) is 1. The quantitative estimate of drug-likeness (QED) is 0.887. The molecule has 1 aliphatic carbocycles. The molecule has 1 aromatic rings. The van der Waals surface area contributed by atoms with Crippen molar-refractivity contribution < 1.29 is 0 Å². The van der Waals surface area contributed by atoms with E-state index in [1.807, 2.05) is 7.05 Å². The van der Waals surface area contributed by atoms with Crippen LogP contribution in [0.3, 0.4) is 0 Å². The molecule has 4 nitrogen and oxygen atoms in total. The van der Waals surface area contributed by atoms with Gasteiger partial charge in [-0.1, -0.05) is 6.92 Å². The first-order valence-corrected chi connectivity index (χ1v) is 7.15. The standard InChI is InChI=1S/C14H22N4/c1-3-11-5-4-8-18(11)13-9-12(15-2)16-14(17-13)10-6-7-10/h9-11H,3-8H2,1-2H3,(H,15,16,17). The summed E-state index contributed by atoms with van der Waals surface area (Å²) in [6.07, 6.45) is 6.30. The predicted octanol–water partition coefficient (Wildman–Crippen LogP) is 2.77. The minimum atomic E-state index is 0.611. The summed E-state index contributed by atoms with van der Waals surface area (Å²) in [5.74, 6) is 3.74. The molecule has 1 saturated heterocycles. The predicted molar refractivity (Wildman–Crippen MR) is 74.2 cm³/mol. The summed E-state index contributed by atoms with van der Waals surface area (Å²) < 4.78 is 0. The summed E-state index contributed by atoms with van der Waals surface area (Å²) >= 11 is 0. The highest BCUT2D eigenvalue weighted by molar-refractivity contribution is 5.51. The van der Waals surface area contributed by atoms with Crippen LogP contribution in [0.1, 0.15) is 50.8 Å². The molecule has 0 bridgehead atoms. The van der Waals surface area contributed by atoms with Crippen molar-refractivity contribution in [1.82, 2.24) is 9.97 Å². The average Bonchev–Trinajstić information content (AvgIpc) is 3.15. The molecule has 0 amide bonds. The number of anilines is 2. The van der Waals surface area contributed by atoms with Crippen LogP contribution in [-0.2, 0) is 0 Å². The smallest absolute Gasteiger partial charge is 0.136 e. The molecule has 1 N–H and O–H groups in total. The van der Waals surface area contributed by atoms with Crippen LogP contribution in [0.25, 0.3) is 0 Å². The number of hydrogen-bond donors (Lipinski definition) is 1. The van der Waals surface area contributed by atoms with E-state index in [1.165, 1.54) is 32.1 Å². The number of aromatic nitrogens is 2. The first-order chi connectivity index (χ1) is 8.81. The Balaban J connectivity index is 1.92. The molecular formula is C14H22N4. The third-order valence-corrected chi connectivity index (χ3v) is 4.07. The third kappa shape index (κ3) is 2.16. The van der Waals surface area contributed by atoms with Crippen molar-refractivity contribution >= 4 is 11.6 Å². The molecule has 1 aliphatic heterocycles. The Kier molecular flexibility index (Phi) is 3.10.